The molecule has 24 heavy (non-hydrogen) atoms. The van der Waals surface area contributed by atoms with Crippen molar-refractivity contribution in [3.8, 4) is 0 Å². The first kappa shape index (κ1) is 17.1. The predicted octanol–water partition coefficient (Wildman–Crippen LogP) is 4.18. The number of fused-ring (bicyclic) bond motifs is 1. The van der Waals surface area contributed by atoms with E-state index in [1.807, 2.05) is 52.0 Å². The van der Waals surface area contributed by atoms with Gasteiger partial charge in [-0.05, 0) is 45.4 Å². The van der Waals surface area contributed by atoms with Gasteiger partial charge in [-0.25, -0.2) is 9.50 Å². The largest absolute Gasteiger partial charge is 0.293 e. The van der Waals surface area contributed by atoms with Crippen LogP contribution in [0.3, 0.4) is 0 Å². The molecule has 0 bridgehead atoms. The van der Waals surface area contributed by atoms with E-state index in [2.05, 4.69) is 31.0 Å². The molecule has 0 amide bonds. The lowest BCUT2D eigenvalue weighted by molar-refractivity contribution is 0.0994. The van der Waals surface area contributed by atoms with E-state index < -0.39 is 0 Å². The van der Waals surface area contributed by atoms with E-state index >= 15 is 0 Å². The van der Waals surface area contributed by atoms with E-state index in [1.165, 1.54) is 11.8 Å². The zero-order chi connectivity index (χ0) is 17.4. The number of halogens is 1. The third kappa shape index (κ3) is 3.23. The number of thioether (sulfide) groups is 1. The Morgan fingerprint density at radius 2 is 1.83 bits per heavy atom. The normalized spacial score (nSPS) is 12.5. The number of hydrogen-bond donors (Lipinski definition) is 0. The van der Waals surface area contributed by atoms with Crippen LogP contribution >= 0.6 is 27.7 Å². The standard InChI is InChI=1S/C17H17BrN4OS/c1-9-10(2)19-16-20-17(21-22(16)11(9)3)24-12(4)15(23)13-5-7-14(18)8-6-13/h5-8,12H,1-4H3. The van der Waals surface area contributed by atoms with Crippen LogP contribution in [0.4, 0.5) is 0 Å². The van der Waals surface area contributed by atoms with Gasteiger partial charge in [-0.15, -0.1) is 5.10 Å². The van der Waals surface area contributed by atoms with Crippen molar-refractivity contribution in [2.24, 2.45) is 0 Å². The van der Waals surface area contributed by atoms with E-state index in [4.69, 9.17) is 0 Å². The van der Waals surface area contributed by atoms with E-state index in [0.717, 1.165) is 21.4 Å². The molecule has 1 atom stereocenters. The van der Waals surface area contributed by atoms with E-state index in [9.17, 15) is 4.79 Å². The van der Waals surface area contributed by atoms with Crippen molar-refractivity contribution in [2.45, 2.75) is 38.1 Å². The van der Waals surface area contributed by atoms with Crippen molar-refractivity contribution in [2.75, 3.05) is 0 Å². The van der Waals surface area contributed by atoms with Crippen LogP contribution in [-0.4, -0.2) is 30.6 Å². The summed E-state index contributed by atoms with van der Waals surface area (Å²) in [4.78, 5) is 21.4. The third-order valence-electron chi connectivity index (χ3n) is 4.02. The minimum atomic E-state index is -0.272. The zero-order valence-corrected chi connectivity index (χ0v) is 16.3. The average molecular weight is 405 g/mol. The second-order valence-electron chi connectivity index (χ2n) is 5.65. The Labute approximate surface area is 153 Å². The fraction of sp³-hybridized carbons (Fsp3) is 0.294. The van der Waals surface area contributed by atoms with Gasteiger partial charge >= 0.3 is 0 Å². The molecule has 7 heteroatoms. The van der Waals surface area contributed by atoms with Crippen LogP contribution in [-0.2, 0) is 0 Å². The molecular weight excluding hydrogens is 388 g/mol. The zero-order valence-electron chi connectivity index (χ0n) is 13.9. The smallest absolute Gasteiger partial charge is 0.253 e. The summed E-state index contributed by atoms with van der Waals surface area (Å²) in [7, 11) is 0. The van der Waals surface area contributed by atoms with Gasteiger partial charge in [-0.2, -0.15) is 4.98 Å². The van der Waals surface area contributed by atoms with Crippen molar-refractivity contribution >= 4 is 39.3 Å². The molecule has 0 aliphatic rings. The summed E-state index contributed by atoms with van der Waals surface area (Å²) in [5.74, 6) is 0.629. The average Bonchev–Trinajstić information content (AvgIpc) is 2.95. The molecule has 5 nitrogen and oxygen atoms in total. The van der Waals surface area contributed by atoms with E-state index in [-0.39, 0.29) is 11.0 Å². The lowest BCUT2D eigenvalue weighted by Gasteiger charge is -2.07. The maximum Gasteiger partial charge on any atom is 0.253 e. The summed E-state index contributed by atoms with van der Waals surface area (Å²) >= 11 is 4.73. The highest BCUT2D eigenvalue weighted by atomic mass is 79.9. The second kappa shape index (κ2) is 6.64. The molecule has 0 saturated carbocycles. The Balaban J connectivity index is 1.85. The Kier molecular flexibility index (Phi) is 4.73. The van der Waals surface area contributed by atoms with Gasteiger partial charge in [0, 0.05) is 21.4 Å². The Morgan fingerprint density at radius 1 is 1.17 bits per heavy atom. The van der Waals surface area contributed by atoms with Crippen LogP contribution in [0.25, 0.3) is 5.78 Å². The molecule has 0 saturated heterocycles. The summed E-state index contributed by atoms with van der Waals surface area (Å²) < 4.78 is 2.69. The number of hydrogen-bond acceptors (Lipinski definition) is 5. The van der Waals surface area contributed by atoms with Gasteiger partial charge in [0.25, 0.3) is 5.78 Å². The lowest BCUT2D eigenvalue weighted by Crippen LogP contribution is -2.13. The van der Waals surface area contributed by atoms with Gasteiger partial charge in [0.2, 0.25) is 5.16 Å². The molecule has 1 unspecified atom stereocenters. The molecule has 0 N–H and O–H groups in total. The third-order valence-corrected chi connectivity index (χ3v) is 5.50. The van der Waals surface area contributed by atoms with Crippen LogP contribution in [0.1, 0.15) is 34.2 Å². The number of ketones is 1. The number of carbonyl (C=O) groups is 1. The van der Waals surface area contributed by atoms with Crippen molar-refractivity contribution < 1.29 is 4.79 Å². The summed E-state index contributed by atoms with van der Waals surface area (Å²) in [5.41, 5.74) is 3.75. The maximum atomic E-state index is 12.5. The minimum Gasteiger partial charge on any atom is -0.293 e. The molecular formula is C17H17BrN4OS. The fourth-order valence-electron chi connectivity index (χ4n) is 2.35. The first-order valence-electron chi connectivity index (χ1n) is 7.54. The van der Waals surface area contributed by atoms with E-state index in [1.54, 1.807) is 4.52 Å². The van der Waals surface area contributed by atoms with Gasteiger partial charge in [0.1, 0.15) is 0 Å². The lowest BCUT2D eigenvalue weighted by atomic mass is 10.1. The van der Waals surface area contributed by atoms with Gasteiger partial charge in [0.15, 0.2) is 5.78 Å². The van der Waals surface area contributed by atoms with Gasteiger partial charge in [-0.3, -0.25) is 4.79 Å². The highest BCUT2D eigenvalue weighted by molar-refractivity contribution is 9.10. The van der Waals surface area contributed by atoms with Crippen LogP contribution < -0.4 is 0 Å². The predicted molar refractivity (Wildman–Crippen MR) is 98.8 cm³/mol. The van der Waals surface area contributed by atoms with Gasteiger partial charge < -0.3 is 0 Å². The van der Waals surface area contributed by atoms with Crippen LogP contribution in [0.2, 0.25) is 0 Å². The van der Waals surface area contributed by atoms with Crippen LogP contribution in [0, 0.1) is 20.8 Å². The Morgan fingerprint density at radius 3 is 2.50 bits per heavy atom. The minimum absolute atomic E-state index is 0.0587. The molecule has 0 spiro atoms. The highest BCUT2D eigenvalue weighted by Crippen LogP contribution is 2.24. The molecule has 124 valence electrons. The number of nitrogens with zero attached hydrogens (tertiary/aromatic N) is 4. The van der Waals surface area contributed by atoms with Crippen molar-refractivity contribution in [3.05, 3.63) is 51.3 Å². The summed E-state index contributed by atoms with van der Waals surface area (Å²) in [5, 5.41) is 4.78. The second-order valence-corrected chi connectivity index (χ2v) is 7.87. The molecule has 1 aromatic carbocycles. The molecule has 0 aliphatic carbocycles. The fourth-order valence-corrected chi connectivity index (χ4v) is 3.43. The quantitative estimate of drug-likeness (QED) is 0.482. The maximum absolute atomic E-state index is 12.5. The Bertz CT molecular complexity index is 920. The molecule has 0 fully saturated rings. The topological polar surface area (TPSA) is 60.2 Å². The number of aromatic nitrogens is 4. The van der Waals surface area contributed by atoms with Crippen molar-refractivity contribution in [1.82, 2.24) is 19.6 Å². The molecule has 2 aromatic heterocycles. The van der Waals surface area contributed by atoms with Crippen molar-refractivity contribution in [1.29, 1.82) is 0 Å². The van der Waals surface area contributed by atoms with Crippen molar-refractivity contribution in [3.63, 3.8) is 0 Å². The number of carbonyl (C=O) groups excluding carboxylic acids is 1. The first-order valence-corrected chi connectivity index (χ1v) is 9.21. The molecule has 3 aromatic rings. The number of aryl methyl sites for hydroxylation is 2. The number of rotatable bonds is 4. The molecule has 0 radical (unpaired) electrons. The summed E-state index contributed by atoms with van der Waals surface area (Å²) in [6.45, 7) is 7.85. The first-order chi connectivity index (χ1) is 11.4. The van der Waals surface area contributed by atoms with E-state index in [0.29, 0.717) is 16.5 Å². The summed E-state index contributed by atoms with van der Waals surface area (Å²) in [6, 6.07) is 7.37. The van der Waals surface area contributed by atoms with Crippen LogP contribution in [0.15, 0.2) is 33.9 Å². The number of benzene rings is 1. The highest BCUT2D eigenvalue weighted by Gasteiger charge is 2.20. The monoisotopic (exact) mass is 404 g/mol. The summed E-state index contributed by atoms with van der Waals surface area (Å²) in [6.07, 6.45) is 0. The van der Waals surface area contributed by atoms with Gasteiger partial charge in [0.05, 0.1) is 5.25 Å². The molecule has 3 rings (SSSR count). The van der Waals surface area contributed by atoms with Gasteiger partial charge in [-0.1, -0.05) is 39.8 Å². The van der Waals surface area contributed by atoms with Crippen LogP contribution in [0.5, 0.6) is 0 Å². The molecule has 2 heterocycles. The molecule has 0 aliphatic heterocycles. The Hall–Kier alpha value is -1.73. The number of Topliss-reactive ketones (excluding diaryl/α,β-unsaturated/α-hetero) is 1. The SMILES string of the molecule is Cc1nc2nc(SC(C)C(=O)c3ccc(Br)cc3)nn2c(C)c1C.